The van der Waals surface area contributed by atoms with E-state index in [0.717, 1.165) is 11.1 Å². The maximum atomic E-state index is 11.3. The van der Waals surface area contributed by atoms with Gasteiger partial charge in [-0.3, -0.25) is 14.9 Å². The summed E-state index contributed by atoms with van der Waals surface area (Å²) in [6.07, 6.45) is 0.397. The molecule has 0 saturated heterocycles. The average Bonchev–Trinajstić information content (AvgIpc) is 2.04. The third-order valence-corrected chi connectivity index (χ3v) is 1.90. The van der Waals surface area contributed by atoms with Crippen LogP contribution in [0.5, 0.6) is 0 Å². The average molecular weight is 177 g/mol. The van der Waals surface area contributed by atoms with E-state index < -0.39 is 0 Å². The van der Waals surface area contributed by atoms with Crippen molar-refractivity contribution >= 4 is 12.3 Å². The minimum atomic E-state index is -0.342. The van der Waals surface area contributed by atoms with Crippen LogP contribution in [-0.2, 0) is 4.79 Å². The van der Waals surface area contributed by atoms with Crippen LogP contribution in [0.25, 0.3) is 0 Å². The van der Waals surface area contributed by atoms with Crippen LogP contribution in [0.4, 0.5) is 0 Å². The molecule has 3 nitrogen and oxygen atoms in total. The summed E-state index contributed by atoms with van der Waals surface area (Å²) < 4.78 is 0. The Kier molecular flexibility index (Phi) is 2.80. The van der Waals surface area contributed by atoms with Gasteiger partial charge in [-0.15, -0.1) is 0 Å². The molecule has 13 heavy (non-hydrogen) atoms. The van der Waals surface area contributed by atoms with Gasteiger partial charge in [0.2, 0.25) is 6.41 Å². The van der Waals surface area contributed by atoms with Gasteiger partial charge in [0.25, 0.3) is 5.91 Å². The molecular formula is C10H11NO2. The number of hydrogen-bond acceptors (Lipinski definition) is 2. The summed E-state index contributed by atoms with van der Waals surface area (Å²) in [5, 5.41) is 2.12. The number of hydrogen-bond donors (Lipinski definition) is 1. The standard InChI is InChI=1S/C10H11NO2/c1-7-4-3-5-8(2)9(7)10(13)11-6-12/h3-6H,1-2H3,(H,11,12,13). The molecule has 0 atom stereocenters. The van der Waals surface area contributed by atoms with E-state index in [0.29, 0.717) is 12.0 Å². The van der Waals surface area contributed by atoms with Crippen molar-refractivity contribution in [3.05, 3.63) is 34.9 Å². The number of carbonyl (C=O) groups is 2. The molecule has 0 bridgehead atoms. The van der Waals surface area contributed by atoms with Crippen molar-refractivity contribution in [2.45, 2.75) is 13.8 Å². The molecule has 0 spiro atoms. The van der Waals surface area contributed by atoms with Crippen molar-refractivity contribution in [2.75, 3.05) is 0 Å². The van der Waals surface area contributed by atoms with Gasteiger partial charge in [-0.05, 0) is 25.0 Å². The van der Waals surface area contributed by atoms with E-state index in [1.165, 1.54) is 0 Å². The van der Waals surface area contributed by atoms with Crippen molar-refractivity contribution in [1.29, 1.82) is 0 Å². The van der Waals surface area contributed by atoms with Crippen molar-refractivity contribution in [1.82, 2.24) is 5.32 Å². The molecule has 0 aliphatic carbocycles. The maximum absolute atomic E-state index is 11.3. The Labute approximate surface area is 76.8 Å². The Morgan fingerprint density at radius 2 is 1.85 bits per heavy atom. The predicted octanol–water partition coefficient (Wildman–Crippen LogP) is 1.19. The number of benzene rings is 1. The normalized spacial score (nSPS) is 9.38. The number of aryl methyl sites for hydroxylation is 2. The van der Waals surface area contributed by atoms with E-state index in [4.69, 9.17) is 0 Å². The van der Waals surface area contributed by atoms with Crippen LogP contribution in [-0.4, -0.2) is 12.3 Å². The first-order valence-corrected chi connectivity index (χ1v) is 3.97. The Hall–Kier alpha value is -1.64. The maximum Gasteiger partial charge on any atom is 0.258 e. The van der Waals surface area contributed by atoms with Crippen molar-refractivity contribution in [3.63, 3.8) is 0 Å². The molecule has 2 amide bonds. The van der Waals surface area contributed by atoms with Crippen molar-refractivity contribution < 1.29 is 9.59 Å². The zero-order chi connectivity index (χ0) is 9.84. The number of rotatable bonds is 2. The molecule has 0 radical (unpaired) electrons. The van der Waals surface area contributed by atoms with Crippen molar-refractivity contribution in [2.24, 2.45) is 0 Å². The van der Waals surface area contributed by atoms with Gasteiger partial charge in [0, 0.05) is 5.56 Å². The molecule has 0 aliphatic heterocycles. The fraction of sp³-hybridized carbons (Fsp3) is 0.200. The fourth-order valence-corrected chi connectivity index (χ4v) is 1.30. The largest absolute Gasteiger partial charge is 0.295 e. The monoisotopic (exact) mass is 177 g/mol. The molecule has 0 fully saturated rings. The highest BCUT2D eigenvalue weighted by atomic mass is 16.2. The molecule has 68 valence electrons. The van der Waals surface area contributed by atoms with Crippen LogP contribution in [0.2, 0.25) is 0 Å². The molecule has 0 saturated carbocycles. The quantitative estimate of drug-likeness (QED) is 0.690. The summed E-state index contributed by atoms with van der Waals surface area (Å²) in [7, 11) is 0. The Balaban J connectivity index is 3.12. The Morgan fingerprint density at radius 1 is 1.31 bits per heavy atom. The molecule has 1 aromatic rings. The first-order chi connectivity index (χ1) is 6.16. The molecule has 1 aromatic carbocycles. The van der Waals surface area contributed by atoms with Gasteiger partial charge < -0.3 is 0 Å². The summed E-state index contributed by atoms with van der Waals surface area (Å²) in [4.78, 5) is 21.4. The van der Waals surface area contributed by atoms with E-state index in [1.54, 1.807) is 0 Å². The van der Waals surface area contributed by atoms with Crippen LogP contribution in [0.1, 0.15) is 21.5 Å². The van der Waals surface area contributed by atoms with Gasteiger partial charge in [-0.25, -0.2) is 0 Å². The van der Waals surface area contributed by atoms with Gasteiger partial charge in [0.15, 0.2) is 0 Å². The highest BCUT2D eigenvalue weighted by Gasteiger charge is 2.09. The molecule has 1 rings (SSSR count). The highest BCUT2D eigenvalue weighted by molar-refractivity contribution is 6.01. The molecule has 3 heteroatoms. The van der Waals surface area contributed by atoms with Crippen molar-refractivity contribution in [3.8, 4) is 0 Å². The summed E-state index contributed by atoms with van der Waals surface area (Å²) in [6, 6.07) is 5.56. The van der Waals surface area contributed by atoms with E-state index in [9.17, 15) is 9.59 Å². The number of nitrogens with one attached hydrogen (secondary N) is 1. The molecule has 1 N–H and O–H groups in total. The van der Waals surface area contributed by atoms with Gasteiger partial charge in [0.05, 0.1) is 0 Å². The van der Waals surface area contributed by atoms with Gasteiger partial charge in [-0.1, -0.05) is 18.2 Å². The molecular weight excluding hydrogens is 166 g/mol. The van der Waals surface area contributed by atoms with Crippen LogP contribution in [0.15, 0.2) is 18.2 Å². The second-order valence-electron chi connectivity index (χ2n) is 2.86. The molecule has 0 aromatic heterocycles. The molecule has 0 aliphatic rings. The number of amides is 2. The minimum Gasteiger partial charge on any atom is -0.295 e. The van der Waals surface area contributed by atoms with E-state index >= 15 is 0 Å². The first-order valence-electron chi connectivity index (χ1n) is 3.97. The fourth-order valence-electron chi connectivity index (χ4n) is 1.30. The lowest BCUT2D eigenvalue weighted by molar-refractivity contribution is -0.108. The SMILES string of the molecule is Cc1cccc(C)c1C(=O)NC=O. The molecule has 0 heterocycles. The predicted molar refractivity (Wildman–Crippen MR) is 49.4 cm³/mol. The molecule has 0 unspecified atom stereocenters. The summed E-state index contributed by atoms with van der Waals surface area (Å²) in [5.74, 6) is -0.342. The van der Waals surface area contributed by atoms with Crippen LogP contribution in [0.3, 0.4) is 0 Å². The van der Waals surface area contributed by atoms with E-state index in [-0.39, 0.29) is 5.91 Å². The third-order valence-electron chi connectivity index (χ3n) is 1.90. The zero-order valence-electron chi connectivity index (χ0n) is 7.63. The summed E-state index contributed by atoms with van der Waals surface area (Å²) in [6.45, 7) is 3.68. The lowest BCUT2D eigenvalue weighted by Gasteiger charge is -2.06. The second-order valence-corrected chi connectivity index (χ2v) is 2.86. The Bertz CT molecular complexity index is 325. The number of carbonyl (C=O) groups excluding carboxylic acids is 2. The second kappa shape index (κ2) is 3.85. The van der Waals surface area contributed by atoms with Crippen LogP contribution in [0, 0.1) is 13.8 Å². The Morgan fingerprint density at radius 3 is 2.31 bits per heavy atom. The van der Waals surface area contributed by atoms with Crippen LogP contribution < -0.4 is 5.32 Å². The lowest BCUT2D eigenvalue weighted by Crippen LogP contribution is -2.23. The van der Waals surface area contributed by atoms with Gasteiger partial charge >= 0.3 is 0 Å². The lowest BCUT2D eigenvalue weighted by atomic mass is 10.0. The summed E-state index contributed by atoms with van der Waals surface area (Å²) in [5.41, 5.74) is 2.33. The van der Waals surface area contributed by atoms with Crippen LogP contribution >= 0.6 is 0 Å². The van der Waals surface area contributed by atoms with E-state index in [1.807, 2.05) is 32.0 Å². The van der Waals surface area contributed by atoms with Gasteiger partial charge in [0.1, 0.15) is 0 Å². The minimum absolute atomic E-state index is 0.342. The summed E-state index contributed by atoms with van der Waals surface area (Å²) >= 11 is 0. The third kappa shape index (κ3) is 1.93. The highest BCUT2D eigenvalue weighted by Crippen LogP contribution is 2.12. The smallest absolute Gasteiger partial charge is 0.258 e. The first kappa shape index (κ1) is 9.45. The topological polar surface area (TPSA) is 46.2 Å². The zero-order valence-corrected chi connectivity index (χ0v) is 7.63. The number of imide groups is 1. The van der Waals surface area contributed by atoms with E-state index in [2.05, 4.69) is 5.32 Å². The van der Waals surface area contributed by atoms with Gasteiger partial charge in [-0.2, -0.15) is 0 Å².